The molecule has 1 fully saturated rings. The van der Waals surface area contributed by atoms with E-state index in [9.17, 15) is 0 Å². The lowest BCUT2D eigenvalue weighted by molar-refractivity contribution is 0.177. The number of hydrogen-bond acceptors (Lipinski definition) is 1. The van der Waals surface area contributed by atoms with Crippen LogP contribution in [0.2, 0.25) is 0 Å². The van der Waals surface area contributed by atoms with Crippen molar-refractivity contribution in [3.63, 3.8) is 0 Å². The summed E-state index contributed by atoms with van der Waals surface area (Å²) in [7, 11) is 0. The van der Waals surface area contributed by atoms with E-state index in [-0.39, 0.29) is 0 Å². The van der Waals surface area contributed by atoms with Crippen molar-refractivity contribution in [2.45, 2.75) is 45.6 Å². The first-order chi connectivity index (χ1) is 6.25. The second-order valence-electron chi connectivity index (χ2n) is 4.34. The summed E-state index contributed by atoms with van der Waals surface area (Å²) in [6.45, 7) is 6.65. The normalized spacial score (nSPS) is 25.5. The van der Waals surface area contributed by atoms with Gasteiger partial charge in [0.1, 0.15) is 0 Å². The second-order valence-corrected chi connectivity index (χ2v) is 4.34. The molecule has 0 aromatic rings. The zero-order chi connectivity index (χ0) is 9.68. The third kappa shape index (κ3) is 3.04. The fourth-order valence-corrected chi connectivity index (χ4v) is 2.26. The molecule has 0 amide bonds. The Morgan fingerprint density at radius 1 is 1.38 bits per heavy atom. The maximum atomic E-state index is 5.38. The maximum Gasteiger partial charge on any atom is 0.0601 e. The molecule has 13 heavy (non-hydrogen) atoms. The highest BCUT2D eigenvalue weighted by atomic mass is 15.2. The van der Waals surface area contributed by atoms with Gasteiger partial charge in [0.05, 0.1) is 6.54 Å². The van der Waals surface area contributed by atoms with E-state index in [4.69, 9.17) is 6.42 Å². The van der Waals surface area contributed by atoms with E-state index in [0.717, 1.165) is 18.5 Å². The van der Waals surface area contributed by atoms with Crippen molar-refractivity contribution < 1.29 is 0 Å². The van der Waals surface area contributed by atoms with E-state index in [1.54, 1.807) is 0 Å². The Kier molecular flexibility index (Phi) is 4.32. The van der Waals surface area contributed by atoms with Crippen LogP contribution in [0.25, 0.3) is 0 Å². The van der Waals surface area contributed by atoms with E-state index in [0.29, 0.717) is 0 Å². The first kappa shape index (κ1) is 10.6. The van der Waals surface area contributed by atoms with E-state index >= 15 is 0 Å². The standard InChI is InChI=1S/C12H21N/c1-4-9-13-10-7-5-6-8-12(13)11(2)3/h1,11-12H,5-10H2,2-3H3. The average Bonchev–Trinajstić information content (AvgIpc) is 2.30. The lowest BCUT2D eigenvalue weighted by atomic mass is 9.98. The summed E-state index contributed by atoms with van der Waals surface area (Å²) < 4.78 is 0. The summed E-state index contributed by atoms with van der Waals surface area (Å²) in [5.74, 6) is 3.52. The van der Waals surface area contributed by atoms with E-state index in [1.807, 2.05) is 0 Å². The minimum atomic E-state index is 0.721. The van der Waals surface area contributed by atoms with Gasteiger partial charge in [-0.1, -0.05) is 32.6 Å². The van der Waals surface area contributed by atoms with Crippen molar-refractivity contribution in [1.29, 1.82) is 0 Å². The van der Waals surface area contributed by atoms with Gasteiger partial charge < -0.3 is 0 Å². The average molecular weight is 179 g/mol. The summed E-state index contributed by atoms with van der Waals surface area (Å²) >= 11 is 0. The third-order valence-corrected chi connectivity index (χ3v) is 2.98. The summed E-state index contributed by atoms with van der Waals surface area (Å²) in [5.41, 5.74) is 0. The molecule has 1 rings (SSSR count). The van der Waals surface area contributed by atoms with Gasteiger partial charge in [0, 0.05) is 6.04 Å². The third-order valence-electron chi connectivity index (χ3n) is 2.98. The maximum absolute atomic E-state index is 5.38. The van der Waals surface area contributed by atoms with Crippen LogP contribution in [0.5, 0.6) is 0 Å². The summed E-state index contributed by atoms with van der Waals surface area (Å²) in [6, 6.07) is 0.721. The first-order valence-corrected chi connectivity index (χ1v) is 5.43. The Bertz CT molecular complexity index is 178. The van der Waals surface area contributed by atoms with Crippen LogP contribution in [0.3, 0.4) is 0 Å². The lowest BCUT2D eigenvalue weighted by Crippen LogP contribution is -2.38. The minimum absolute atomic E-state index is 0.721. The molecule has 1 unspecified atom stereocenters. The van der Waals surface area contributed by atoms with Crippen LogP contribution in [-0.2, 0) is 0 Å². The monoisotopic (exact) mass is 179 g/mol. The molecule has 0 aliphatic carbocycles. The van der Waals surface area contributed by atoms with Crippen LogP contribution in [0.4, 0.5) is 0 Å². The highest BCUT2D eigenvalue weighted by molar-refractivity contribution is 4.91. The van der Waals surface area contributed by atoms with Crippen LogP contribution in [0, 0.1) is 18.3 Å². The molecular formula is C12H21N. The molecule has 1 saturated heterocycles. The van der Waals surface area contributed by atoms with Gasteiger partial charge in [-0.25, -0.2) is 0 Å². The molecular weight excluding hydrogens is 158 g/mol. The van der Waals surface area contributed by atoms with Crippen molar-refractivity contribution in [3.05, 3.63) is 0 Å². The van der Waals surface area contributed by atoms with Gasteiger partial charge in [0.2, 0.25) is 0 Å². The zero-order valence-corrected chi connectivity index (χ0v) is 8.92. The van der Waals surface area contributed by atoms with Crippen molar-refractivity contribution >= 4 is 0 Å². The molecule has 0 spiro atoms. The number of likely N-dealkylation sites (tertiary alicyclic amines) is 1. The molecule has 0 bridgehead atoms. The van der Waals surface area contributed by atoms with Crippen molar-refractivity contribution in [3.8, 4) is 12.3 Å². The topological polar surface area (TPSA) is 3.24 Å². The largest absolute Gasteiger partial charge is 0.289 e. The number of nitrogens with zero attached hydrogens (tertiary/aromatic N) is 1. The fourth-order valence-electron chi connectivity index (χ4n) is 2.26. The van der Waals surface area contributed by atoms with Gasteiger partial charge in [-0.05, 0) is 25.3 Å². The fraction of sp³-hybridized carbons (Fsp3) is 0.833. The summed E-state index contributed by atoms with van der Waals surface area (Å²) in [4.78, 5) is 2.48. The van der Waals surface area contributed by atoms with E-state index < -0.39 is 0 Å². The van der Waals surface area contributed by atoms with Crippen molar-refractivity contribution in [2.24, 2.45) is 5.92 Å². The Labute approximate surface area is 82.5 Å². The van der Waals surface area contributed by atoms with Gasteiger partial charge in [-0.2, -0.15) is 0 Å². The highest BCUT2D eigenvalue weighted by Crippen LogP contribution is 2.21. The molecule has 74 valence electrons. The number of terminal acetylenes is 1. The van der Waals surface area contributed by atoms with Crippen LogP contribution in [0.15, 0.2) is 0 Å². The number of hydrogen-bond donors (Lipinski definition) is 0. The molecule has 1 heteroatoms. The highest BCUT2D eigenvalue weighted by Gasteiger charge is 2.22. The van der Waals surface area contributed by atoms with Crippen LogP contribution < -0.4 is 0 Å². The SMILES string of the molecule is C#CCN1CCCCCC1C(C)C. The predicted octanol–water partition coefficient (Wildman–Crippen LogP) is 2.52. The minimum Gasteiger partial charge on any atom is -0.289 e. The smallest absolute Gasteiger partial charge is 0.0601 e. The van der Waals surface area contributed by atoms with Crippen LogP contribution in [0.1, 0.15) is 39.5 Å². The van der Waals surface area contributed by atoms with Gasteiger partial charge in [-0.3, -0.25) is 4.90 Å². The molecule has 1 aliphatic heterocycles. The lowest BCUT2D eigenvalue weighted by Gasteiger charge is -2.31. The van der Waals surface area contributed by atoms with Crippen LogP contribution in [-0.4, -0.2) is 24.0 Å². The Hall–Kier alpha value is -0.480. The molecule has 1 atom stereocenters. The zero-order valence-electron chi connectivity index (χ0n) is 8.92. The van der Waals surface area contributed by atoms with Gasteiger partial charge in [-0.15, -0.1) is 6.42 Å². The Balaban J connectivity index is 2.56. The summed E-state index contributed by atoms with van der Waals surface area (Å²) in [6.07, 6.45) is 10.8. The van der Waals surface area contributed by atoms with Crippen molar-refractivity contribution in [1.82, 2.24) is 4.90 Å². The van der Waals surface area contributed by atoms with Crippen molar-refractivity contribution in [2.75, 3.05) is 13.1 Å². The molecule has 1 heterocycles. The molecule has 1 aliphatic rings. The van der Waals surface area contributed by atoms with E-state index in [1.165, 1.54) is 32.2 Å². The Morgan fingerprint density at radius 3 is 2.77 bits per heavy atom. The molecule has 0 saturated carbocycles. The summed E-state index contributed by atoms with van der Waals surface area (Å²) in [5, 5.41) is 0. The first-order valence-electron chi connectivity index (χ1n) is 5.43. The van der Waals surface area contributed by atoms with E-state index in [2.05, 4.69) is 24.7 Å². The molecule has 0 N–H and O–H groups in total. The predicted molar refractivity (Wildman–Crippen MR) is 57.5 cm³/mol. The molecule has 0 aromatic heterocycles. The number of rotatable bonds is 2. The van der Waals surface area contributed by atoms with Gasteiger partial charge in [0.15, 0.2) is 0 Å². The quantitative estimate of drug-likeness (QED) is 0.589. The van der Waals surface area contributed by atoms with Crippen LogP contribution >= 0.6 is 0 Å². The molecule has 1 nitrogen and oxygen atoms in total. The van der Waals surface area contributed by atoms with Gasteiger partial charge in [0.25, 0.3) is 0 Å². The molecule has 0 aromatic carbocycles. The second kappa shape index (κ2) is 5.29. The Morgan fingerprint density at radius 2 is 2.15 bits per heavy atom. The van der Waals surface area contributed by atoms with Gasteiger partial charge >= 0.3 is 0 Å². The molecule has 0 radical (unpaired) electrons.